The molecule has 0 radical (unpaired) electrons. The summed E-state index contributed by atoms with van der Waals surface area (Å²) in [6.07, 6.45) is 6.51. The second-order valence-corrected chi connectivity index (χ2v) is 5.27. The number of thiophene rings is 1. The van der Waals surface area contributed by atoms with Crippen LogP contribution in [0.5, 0.6) is 0 Å². The molecule has 0 fully saturated rings. The summed E-state index contributed by atoms with van der Waals surface area (Å²) in [5, 5.41) is 2.01. The fraction of sp³-hybridized carbons (Fsp3) is 0.118. The van der Waals surface area contributed by atoms with E-state index in [2.05, 4.69) is 31.0 Å². The van der Waals surface area contributed by atoms with Crippen LogP contribution in [-0.2, 0) is 6.42 Å². The van der Waals surface area contributed by atoms with Crippen LogP contribution in [0.15, 0.2) is 41.8 Å². The predicted molar refractivity (Wildman–Crippen MR) is 82.4 cm³/mol. The number of pyridine rings is 1. The molecule has 0 spiro atoms. The molecule has 0 saturated carbocycles. The Kier molecular flexibility index (Phi) is 3.06. The average Bonchev–Trinajstić information content (AvgIpc) is 2.88. The van der Waals surface area contributed by atoms with Crippen molar-refractivity contribution in [3.63, 3.8) is 0 Å². The van der Waals surface area contributed by atoms with Crippen molar-refractivity contribution in [3.8, 4) is 23.6 Å². The molecular formula is C17H13NS. The van der Waals surface area contributed by atoms with Crippen molar-refractivity contribution < 1.29 is 0 Å². The maximum absolute atomic E-state index is 5.54. The van der Waals surface area contributed by atoms with Crippen LogP contribution < -0.4 is 0 Å². The number of fused-ring (bicyclic) bond motifs is 1. The minimum Gasteiger partial charge on any atom is -0.245 e. The number of terminal acetylenes is 1. The molecule has 0 atom stereocenters. The van der Waals surface area contributed by atoms with Gasteiger partial charge in [0.05, 0.1) is 21.5 Å². The second kappa shape index (κ2) is 4.87. The third-order valence-electron chi connectivity index (χ3n) is 3.21. The van der Waals surface area contributed by atoms with Crippen molar-refractivity contribution in [2.24, 2.45) is 0 Å². The molecule has 0 aliphatic carbocycles. The Hall–Kier alpha value is -2.11. The van der Waals surface area contributed by atoms with Gasteiger partial charge < -0.3 is 0 Å². The lowest BCUT2D eigenvalue weighted by molar-refractivity contribution is 1.13. The van der Waals surface area contributed by atoms with E-state index in [0.717, 1.165) is 28.8 Å². The number of hydrogen-bond acceptors (Lipinski definition) is 2. The van der Waals surface area contributed by atoms with Crippen LogP contribution in [0, 0.1) is 12.3 Å². The van der Waals surface area contributed by atoms with Gasteiger partial charge in [0.2, 0.25) is 0 Å². The van der Waals surface area contributed by atoms with E-state index >= 15 is 0 Å². The smallest absolute Gasteiger partial charge is 0.0973 e. The van der Waals surface area contributed by atoms with E-state index in [9.17, 15) is 0 Å². The number of hydrogen-bond donors (Lipinski definition) is 0. The number of aromatic nitrogens is 1. The van der Waals surface area contributed by atoms with Gasteiger partial charge in [-0.3, -0.25) is 0 Å². The van der Waals surface area contributed by atoms with E-state index in [-0.39, 0.29) is 0 Å². The molecule has 1 nitrogen and oxygen atoms in total. The number of nitrogens with zero attached hydrogens (tertiary/aromatic N) is 1. The van der Waals surface area contributed by atoms with Gasteiger partial charge in [0.25, 0.3) is 0 Å². The molecular weight excluding hydrogens is 250 g/mol. The first kappa shape index (κ1) is 12.0. The molecule has 19 heavy (non-hydrogen) atoms. The lowest BCUT2D eigenvalue weighted by atomic mass is 10.0. The molecule has 0 aliphatic rings. The van der Waals surface area contributed by atoms with Crippen molar-refractivity contribution in [3.05, 3.63) is 52.9 Å². The van der Waals surface area contributed by atoms with E-state index in [1.54, 1.807) is 11.3 Å². The molecule has 0 unspecified atom stereocenters. The highest BCUT2D eigenvalue weighted by atomic mass is 32.1. The predicted octanol–water partition coefficient (Wildman–Crippen LogP) is 4.51. The Morgan fingerprint density at radius 1 is 1.26 bits per heavy atom. The summed E-state index contributed by atoms with van der Waals surface area (Å²) in [5.74, 6) is 2.71. The summed E-state index contributed by atoms with van der Waals surface area (Å²) in [4.78, 5) is 4.81. The van der Waals surface area contributed by atoms with Crippen molar-refractivity contribution in [1.29, 1.82) is 0 Å². The lowest BCUT2D eigenvalue weighted by Gasteiger charge is -2.07. The highest BCUT2D eigenvalue weighted by molar-refractivity contribution is 7.17. The van der Waals surface area contributed by atoms with Crippen molar-refractivity contribution in [2.75, 3.05) is 0 Å². The minimum absolute atomic E-state index is 0.889. The maximum atomic E-state index is 5.54. The molecule has 0 amide bonds. The Bertz CT molecular complexity index is 763. The van der Waals surface area contributed by atoms with Gasteiger partial charge in [-0.15, -0.1) is 17.8 Å². The largest absolute Gasteiger partial charge is 0.245 e. The van der Waals surface area contributed by atoms with Crippen molar-refractivity contribution >= 4 is 21.6 Å². The molecule has 3 aromatic rings. The minimum atomic E-state index is 0.889. The number of aryl methyl sites for hydroxylation is 1. The molecule has 2 aromatic heterocycles. The summed E-state index contributed by atoms with van der Waals surface area (Å²) >= 11 is 1.67. The molecule has 0 N–H and O–H groups in total. The second-order valence-electron chi connectivity index (χ2n) is 4.36. The summed E-state index contributed by atoms with van der Waals surface area (Å²) in [6, 6.07) is 12.5. The van der Waals surface area contributed by atoms with Gasteiger partial charge in [-0.05, 0) is 18.1 Å². The fourth-order valence-corrected chi connectivity index (χ4v) is 3.11. The average molecular weight is 263 g/mol. The molecule has 2 heterocycles. The van der Waals surface area contributed by atoms with E-state index in [0.29, 0.717) is 0 Å². The van der Waals surface area contributed by atoms with Gasteiger partial charge in [-0.1, -0.05) is 43.2 Å². The molecule has 92 valence electrons. The van der Waals surface area contributed by atoms with Gasteiger partial charge in [-0.25, -0.2) is 4.98 Å². The standard InChI is InChI=1S/C17H13NS/c1-3-12-10-15-17(13(4-2)11-19-15)18-16(12)14-8-6-5-7-9-14/h2,5-11H,3H2,1H3. The molecule has 2 heteroatoms. The third kappa shape index (κ3) is 2.03. The lowest BCUT2D eigenvalue weighted by Crippen LogP contribution is -1.92. The summed E-state index contributed by atoms with van der Waals surface area (Å²) < 4.78 is 1.17. The fourth-order valence-electron chi connectivity index (χ4n) is 2.21. The number of benzene rings is 1. The molecule has 3 rings (SSSR count). The Labute approximate surface area is 116 Å². The topological polar surface area (TPSA) is 12.9 Å². The summed E-state index contributed by atoms with van der Waals surface area (Å²) in [6.45, 7) is 2.16. The van der Waals surface area contributed by atoms with Gasteiger partial charge >= 0.3 is 0 Å². The van der Waals surface area contributed by atoms with Gasteiger partial charge in [-0.2, -0.15) is 0 Å². The van der Waals surface area contributed by atoms with E-state index in [1.807, 2.05) is 23.6 Å². The van der Waals surface area contributed by atoms with Crippen LogP contribution in [0.2, 0.25) is 0 Å². The highest BCUT2D eigenvalue weighted by Crippen LogP contribution is 2.30. The van der Waals surface area contributed by atoms with Crippen LogP contribution in [0.25, 0.3) is 21.5 Å². The van der Waals surface area contributed by atoms with Crippen LogP contribution in [-0.4, -0.2) is 4.98 Å². The van der Waals surface area contributed by atoms with E-state index < -0.39 is 0 Å². The summed E-state index contributed by atoms with van der Waals surface area (Å²) in [5.41, 5.74) is 5.30. The zero-order valence-electron chi connectivity index (χ0n) is 10.7. The SMILES string of the molecule is C#Cc1csc2cc(CC)c(-c3ccccc3)nc12. The highest BCUT2D eigenvalue weighted by Gasteiger charge is 2.11. The summed E-state index contributed by atoms with van der Waals surface area (Å²) in [7, 11) is 0. The van der Waals surface area contributed by atoms with Gasteiger partial charge in [0.15, 0.2) is 0 Å². The van der Waals surface area contributed by atoms with Gasteiger partial charge in [0, 0.05) is 10.9 Å². The molecule has 0 bridgehead atoms. The molecule has 0 aliphatic heterocycles. The normalized spacial score (nSPS) is 10.5. The maximum Gasteiger partial charge on any atom is 0.0973 e. The van der Waals surface area contributed by atoms with Crippen LogP contribution in [0.3, 0.4) is 0 Å². The Balaban J connectivity index is 2.31. The van der Waals surface area contributed by atoms with Crippen LogP contribution in [0.1, 0.15) is 18.1 Å². The van der Waals surface area contributed by atoms with Crippen molar-refractivity contribution in [1.82, 2.24) is 4.98 Å². The zero-order chi connectivity index (χ0) is 13.2. The Morgan fingerprint density at radius 3 is 2.74 bits per heavy atom. The first-order chi connectivity index (χ1) is 9.33. The van der Waals surface area contributed by atoms with Crippen LogP contribution in [0.4, 0.5) is 0 Å². The van der Waals surface area contributed by atoms with Gasteiger partial charge in [0.1, 0.15) is 0 Å². The Morgan fingerprint density at radius 2 is 2.05 bits per heavy atom. The number of rotatable bonds is 2. The molecule has 1 aromatic carbocycles. The quantitative estimate of drug-likeness (QED) is 0.620. The first-order valence-electron chi connectivity index (χ1n) is 6.26. The van der Waals surface area contributed by atoms with Crippen LogP contribution >= 0.6 is 11.3 Å². The first-order valence-corrected chi connectivity index (χ1v) is 7.14. The van der Waals surface area contributed by atoms with Crippen molar-refractivity contribution in [2.45, 2.75) is 13.3 Å². The van der Waals surface area contributed by atoms with E-state index in [1.165, 1.54) is 10.3 Å². The van der Waals surface area contributed by atoms with E-state index in [4.69, 9.17) is 11.4 Å². The molecule has 0 saturated heterocycles. The monoisotopic (exact) mass is 263 g/mol. The zero-order valence-corrected chi connectivity index (χ0v) is 11.5. The third-order valence-corrected chi connectivity index (χ3v) is 4.13.